The van der Waals surface area contributed by atoms with E-state index in [-0.39, 0.29) is 17.4 Å². The maximum absolute atomic E-state index is 14.1. The molecule has 7 heteroatoms. The number of benzene rings is 1. The van der Waals surface area contributed by atoms with Gasteiger partial charge in [-0.25, -0.2) is 23.1 Å². The Balaban J connectivity index is 2.28. The molecular weight excluding hydrogens is 339 g/mol. The van der Waals surface area contributed by atoms with E-state index in [4.69, 9.17) is 11.6 Å². The third-order valence-electron chi connectivity index (χ3n) is 3.70. The molecule has 1 N–H and O–H groups in total. The fraction of sp³-hybridized carbons (Fsp3) is 0.412. The van der Waals surface area contributed by atoms with Crippen molar-refractivity contribution in [3.8, 4) is 0 Å². The van der Waals surface area contributed by atoms with Gasteiger partial charge in [0.05, 0.1) is 11.3 Å². The number of nitrogens with zero attached hydrogens (tertiary/aromatic N) is 2. The summed E-state index contributed by atoms with van der Waals surface area (Å²) in [4.78, 5) is 8.41. The fourth-order valence-corrected chi connectivity index (χ4v) is 2.73. The van der Waals surface area contributed by atoms with Crippen LogP contribution in [0.4, 0.5) is 19.0 Å². The highest BCUT2D eigenvalue weighted by Crippen LogP contribution is 2.26. The summed E-state index contributed by atoms with van der Waals surface area (Å²) in [5.74, 6) is -0.380. The van der Waals surface area contributed by atoms with E-state index in [2.05, 4.69) is 15.3 Å². The SMILES string of the molecule is CCCc1nc(Cl)nc(NCc2cccc(C(F)F)c2F)c1CC. The zero-order valence-corrected chi connectivity index (χ0v) is 14.3. The fourth-order valence-electron chi connectivity index (χ4n) is 2.55. The van der Waals surface area contributed by atoms with Crippen LogP contribution in [0.2, 0.25) is 5.28 Å². The Bertz CT molecular complexity index is 708. The van der Waals surface area contributed by atoms with Crippen molar-refractivity contribution >= 4 is 17.4 Å². The molecule has 0 aliphatic heterocycles. The Kier molecular flexibility index (Phi) is 6.43. The van der Waals surface area contributed by atoms with Gasteiger partial charge in [0, 0.05) is 17.7 Å². The molecule has 2 rings (SSSR count). The molecule has 0 unspecified atom stereocenters. The molecule has 1 heterocycles. The molecule has 0 amide bonds. The summed E-state index contributed by atoms with van der Waals surface area (Å²) in [5, 5.41) is 3.12. The number of aryl methyl sites for hydroxylation is 1. The van der Waals surface area contributed by atoms with Crippen molar-refractivity contribution in [1.29, 1.82) is 0 Å². The second kappa shape index (κ2) is 8.33. The Hall–Kier alpha value is -1.82. The topological polar surface area (TPSA) is 37.8 Å². The molecule has 0 spiro atoms. The van der Waals surface area contributed by atoms with Gasteiger partial charge in [-0.1, -0.05) is 38.5 Å². The van der Waals surface area contributed by atoms with Gasteiger partial charge in [0.2, 0.25) is 5.28 Å². The summed E-state index contributed by atoms with van der Waals surface area (Å²) >= 11 is 5.96. The van der Waals surface area contributed by atoms with Gasteiger partial charge in [-0.2, -0.15) is 0 Å². The van der Waals surface area contributed by atoms with E-state index in [0.717, 1.165) is 30.2 Å². The number of rotatable bonds is 7. The van der Waals surface area contributed by atoms with E-state index in [1.165, 1.54) is 12.1 Å². The molecular formula is C17H19ClF3N3. The van der Waals surface area contributed by atoms with E-state index in [1.54, 1.807) is 0 Å². The average molecular weight is 358 g/mol. The molecule has 0 saturated heterocycles. The standard InChI is InChI=1S/C17H19ClF3N3/c1-3-6-13-11(4-2)16(24-17(18)23-13)22-9-10-7-5-8-12(14(10)19)15(20)21/h5,7-8,15H,3-4,6,9H2,1-2H3,(H,22,23,24). The Morgan fingerprint density at radius 1 is 1.21 bits per heavy atom. The van der Waals surface area contributed by atoms with E-state index in [9.17, 15) is 13.2 Å². The second-order valence-corrected chi connectivity index (χ2v) is 5.68. The molecule has 0 saturated carbocycles. The molecule has 0 radical (unpaired) electrons. The van der Waals surface area contributed by atoms with Crippen LogP contribution in [-0.4, -0.2) is 9.97 Å². The first-order valence-electron chi connectivity index (χ1n) is 7.82. The summed E-state index contributed by atoms with van der Waals surface area (Å²) in [7, 11) is 0. The van der Waals surface area contributed by atoms with Gasteiger partial charge < -0.3 is 5.32 Å². The molecule has 0 aliphatic carbocycles. The van der Waals surface area contributed by atoms with Gasteiger partial charge in [0.25, 0.3) is 6.43 Å². The molecule has 0 fully saturated rings. The van der Waals surface area contributed by atoms with Crippen molar-refractivity contribution in [1.82, 2.24) is 9.97 Å². The van der Waals surface area contributed by atoms with Crippen LogP contribution < -0.4 is 5.32 Å². The molecule has 1 aromatic carbocycles. The minimum absolute atomic E-state index is 0.0400. The van der Waals surface area contributed by atoms with Crippen LogP contribution in [0.5, 0.6) is 0 Å². The Morgan fingerprint density at radius 3 is 2.58 bits per heavy atom. The number of aromatic nitrogens is 2. The Morgan fingerprint density at radius 2 is 1.96 bits per heavy atom. The van der Waals surface area contributed by atoms with Gasteiger partial charge >= 0.3 is 0 Å². The van der Waals surface area contributed by atoms with E-state index in [0.29, 0.717) is 12.2 Å². The van der Waals surface area contributed by atoms with E-state index < -0.39 is 17.8 Å². The lowest BCUT2D eigenvalue weighted by Gasteiger charge is -2.15. The predicted octanol–water partition coefficient (Wildman–Crippen LogP) is 5.33. The van der Waals surface area contributed by atoms with Gasteiger partial charge in [0.15, 0.2) is 0 Å². The number of anilines is 1. The van der Waals surface area contributed by atoms with Crippen LogP contribution in [0.15, 0.2) is 18.2 Å². The van der Waals surface area contributed by atoms with Gasteiger partial charge in [-0.15, -0.1) is 0 Å². The molecule has 0 aliphatic rings. The quantitative estimate of drug-likeness (QED) is 0.680. The number of halogens is 4. The third kappa shape index (κ3) is 4.17. The summed E-state index contributed by atoms with van der Waals surface area (Å²) in [5.41, 5.74) is 1.31. The Labute approximate surface area is 144 Å². The molecule has 2 aromatic rings. The lowest BCUT2D eigenvalue weighted by Crippen LogP contribution is -2.10. The predicted molar refractivity (Wildman–Crippen MR) is 89.1 cm³/mol. The van der Waals surface area contributed by atoms with Crippen molar-refractivity contribution in [2.75, 3.05) is 5.32 Å². The normalized spacial score (nSPS) is 11.1. The van der Waals surface area contributed by atoms with Crippen LogP contribution in [0.25, 0.3) is 0 Å². The third-order valence-corrected chi connectivity index (χ3v) is 3.86. The second-order valence-electron chi connectivity index (χ2n) is 5.34. The minimum atomic E-state index is -2.85. The monoisotopic (exact) mass is 357 g/mol. The number of nitrogens with one attached hydrogen (secondary N) is 1. The minimum Gasteiger partial charge on any atom is -0.366 e. The number of hydrogen-bond acceptors (Lipinski definition) is 3. The highest BCUT2D eigenvalue weighted by atomic mass is 35.5. The first-order chi connectivity index (χ1) is 11.5. The van der Waals surface area contributed by atoms with Crippen molar-refractivity contribution in [2.24, 2.45) is 0 Å². The average Bonchev–Trinajstić information content (AvgIpc) is 2.53. The van der Waals surface area contributed by atoms with Crippen LogP contribution in [0.1, 0.15) is 49.1 Å². The molecule has 0 atom stereocenters. The van der Waals surface area contributed by atoms with Crippen LogP contribution in [0, 0.1) is 5.82 Å². The first kappa shape index (κ1) is 18.5. The van der Waals surface area contributed by atoms with E-state index in [1.807, 2.05) is 13.8 Å². The summed E-state index contributed by atoms with van der Waals surface area (Å²) in [6, 6.07) is 3.97. The van der Waals surface area contributed by atoms with Crippen LogP contribution in [0.3, 0.4) is 0 Å². The lowest BCUT2D eigenvalue weighted by atomic mass is 10.1. The lowest BCUT2D eigenvalue weighted by molar-refractivity contribution is 0.146. The van der Waals surface area contributed by atoms with Crippen molar-refractivity contribution < 1.29 is 13.2 Å². The van der Waals surface area contributed by atoms with Crippen molar-refractivity contribution in [3.63, 3.8) is 0 Å². The number of hydrogen-bond donors (Lipinski definition) is 1. The maximum atomic E-state index is 14.1. The summed E-state index contributed by atoms with van der Waals surface area (Å²) < 4.78 is 39.7. The van der Waals surface area contributed by atoms with E-state index >= 15 is 0 Å². The first-order valence-corrected chi connectivity index (χ1v) is 8.20. The molecule has 130 valence electrons. The van der Waals surface area contributed by atoms with Crippen LogP contribution >= 0.6 is 11.6 Å². The molecule has 1 aromatic heterocycles. The zero-order chi connectivity index (χ0) is 17.7. The maximum Gasteiger partial charge on any atom is 0.266 e. The van der Waals surface area contributed by atoms with Gasteiger partial charge in [-0.3, -0.25) is 0 Å². The van der Waals surface area contributed by atoms with Crippen LogP contribution in [-0.2, 0) is 19.4 Å². The summed E-state index contributed by atoms with van der Waals surface area (Å²) in [6.07, 6.45) is -0.491. The smallest absolute Gasteiger partial charge is 0.266 e. The molecule has 3 nitrogen and oxygen atoms in total. The molecule has 24 heavy (non-hydrogen) atoms. The zero-order valence-electron chi connectivity index (χ0n) is 13.5. The largest absolute Gasteiger partial charge is 0.366 e. The highest BCUT2D eigenvalue weighted by Gasteiger charge is 2.17. The molecule has 0 bridgehead atoms. The highest BCUT2D eigenvalue weighted by molar-refractivity contribution is 6.28. The van der Waals surface area contributed by atoms with Crippen molar-refractivity contribution in [2.45, 2.75) is 46.1 Å². The number of alkyl halides is 2. The van der Waals surface area contributed by atoms with Gasteiger partial charge in [0.1, 0.15) is 11.6 Å². The van der Waals surface area contributed by atoms with Gasteiger partial charge in [-0.05, 0) is 24.4 Å². The summed E-state index contributed by atoms with van der Waals surface area (Å²) in [6.45, 7) is 4.04. The van der Waals surface area contributed by atoms with Crippen molar-refractivity contribution in [3.05, 3.63) is 51.7 Å².